The molecule has 0 aliphatic carbocycles. The molecule has 0 aliphatic heterocycles. The molecule has 0 bridgehead atoms. The summed E-state index contributed by atoms with van der Waals surface area (Å²) >= 11 is 0. The molecule has 1 amide bonds. The normalized spacial score (nSPS) is 11.3. The summed E-state index contributed by atoms with van der Waals surface area (Å²) < 4.78 is 0. The maximum Gasteiger partial charge on any atom is 0.276 e. The quantitative estimate of drug-likeness (QED) is 0.174. The number of aromatic amines is 1. The van der Waals surface area contributed by atoms with E-state index in [9.17, 15) is 4.79 Å². The fourth-order valence-electron chi connectivity index (χ4n) is 4.70. The lowest BCUT2D eigenvalue weighted by molar-refractivity contribution is 0.0984. The van der Waals surface area contributed by atoms with Crippen molar-refractivity contribution < 1.29 is 4.79 Å². The summed E-state index contributed by atoms with van der Waals surface area (Å²) in [5.41, 5.74) is 6.68. The summed E-state index contributed by atoms with van der Waals surface area (Å²) in [4.78, 5) is 25.0. The molecule has 0 fully saturated rings. The van der Waals surface area contributed by atoms with Gasteiger partial charge in [0.25, 0.3) is 5.91 Å². The number of hydrogen-bond acceptors (Lipinski definition) is 4. The second kappa shape index (κ2) is 10.9. The second-order valence-electron chi connectivity index (χ2n) is 9.58. The Morgan fingerprint density at radius 3 is 2.24 bits per heavy atom. The predicted octanol–water partition coefficient (Wildman–Crippen LogP) is 7.27. The van der Waals surface area contributed by atoms with Crippen molar-refractivity contribution >= 4 is 33.4 Å². The third kappa shape index (κ3) is 5.24. The highest BCUT2D eigenvalue weighted by molar-refractivity contribution is 6.09. The number of H-pyrrole nitrogens is 1. The predicted molar refractivity (Wildman–Crippen MR) is 151 cm³/mol. The van der Waals surface area contributed by atoms with Gasteiger partial charge in [-0.25, -0.2) is 9.97 Å². The fraction of sp³-hybridized carbons (Fsp3) is 0.290. The average Bonchev–Trinajstić information content (AvgIpc) is 3.41. The largest absolute Gasteiger partial charge is 0.307 e. The minimum atomic E-state index is -0.124. The van der Waals surface area contributed by atoms with E-state index in [1.54, 1.807) is 11.0 Å². The fourth-order valence-corrected chi connectivity index (χ4v) is 4.70. The van der Waals surface area contributed by atoms with E-state index in [2.05, 4.69) is 23.2 Å². The van der Waals surface area contributed by atoms with Crippen LogP contribution in [0.25, 0.3) is 33.2 Å². The van der Waals surface area contributed by atoms with E-state index < -0.39 is 0 Å². The number of anilines is 1. The van der Waals surface area contributed by atoms with Gasteiger partial charge < -0.3 is 4.90 Å². The maximum atomic E-state index is 13.5. The van der Waals surface area contributed by atoms with Gasteiger partial charge in [0.05, 0.1) is 16.7 Å². The molecule has 0 atom stereocenters. The number of amides is 1. The zero-order chi connectivity index (χ0) is 25.8. The smallest absolute Gasteiger partial charge is 0.276 e. The molecule has 6 heteroatoms. The van der Waals surface area contributed by atoms with Crippen molar-refractivity contribution in [2.45, 2.75) is 52.9 Å². The van der Waals surface area contributed by atoms with Crippen molar-refractivity contribution in [1.29, 1.82) is 0 Å². The third-order valence-electron chi connectivity index (χ3n) is 6.84. The van der Waals surface area contributed by atoms with Gasteiger partial charge in [-0.05, 0) is 57.0 Å². The molecule has 0 aliphatic rings. The molecule has 0 spiro atoms. The number of fused-ring (bicyclic) bond motifs is 3. The Bertz CT molecular complexity index is 1540. The van der Waals surface area contributed by atoms with Crippen molar-refractivity contribution in [1.82, 2.24) is 20.2 Å². The van der Waals surface area contributed by atoms with Crippen molar-refractivity contribution in [3.63, 3.8) is 0 Å². The Balaban J connectivity index is 1.49. The lowest BCUT2D eigenvalue weighted by Crippen LogP contribution is -2.31. The third-order valence-corrected chi connectivity index (χ3v) is 6.84. The summed E-state index contributed by atoms with van der Waals surface area (Å²) in [6.45, 7) is 6.79. The lowest BCUT2D eigenvalue weighted by atomic mass is 10.1. The van der Waals surface area contributed by atoms with E-state index in [0.717, 1.165) is 63.0 Å². The maximum absolute atomic E-state index is 13.5. The van der Waals surface area contributed by atoms with Crippen molar-refractivity contribution in [3.05, 3.63) is 83.7 Å². The first kappa shape index (κ1) is 24.6. The van der Waals surface area contributed by atoms with Gasteiger partial charge >= 0.3 is 0 Å². The Kier molecular flexibility index (Phi) is 7.26. The number of nitrogens with one attached hydrogen (secondary N) is 1. The van der Waals surface area contributed by atoms with Crippen LogP contribution in [0, 0.1) is 6.92 Å². The van der Waals surface area contributed by atoms with E-state index in [1.165, 1.54) is 19.3 Å². The van der Waals surface area contributed by atoms with E-state index in [4.69, 9.17) is 9.97 Å². The second-order valence-corrected chi connectivity index (χ2v) is 9.58. The average molecular weight is 492 g/mol. The number of hydrogen-bond donors (Lipinski definition) is 1. The van der Waals surface area contributed by atoms with Crippen LogP contribution in [0.3, 0.4) is 0 Å². The minimum absolute atomic E-state index is 0.124. The van der Waals surface area contributed by atoms with Crippen molar-refractivity contribution in [2.24, 2.45) is 0 Å². The van der Waals surface area contributed by atoms with Crippen LogP contribution in [-0.4, -0.2) is 32.6 Å². The molecule has 37 heavy (non-hydrogen) atoms. The van der Waals surface area contributed by atoms with E-state index >= 15 is 0 Å². The minimum Gasteiger partial charge on any atom is -0.307 e. The van der Waals surface area contributed by atoms with Gasteiger partial charge in [0.15, 0.2) is 0 Å². The molecule has 1 N–H and O–H groups in total. The van der Waals surface area contributed by atoms with Gasteiger partial charge in [-0.3, -0.25) is 9.89 Å². The molecular weight excluding hydrogens is 458 g/mol. The molecule has 5 aromatic rings. The molecule has 3 aromatic heterocycles. The van der Waals surface area contributed by atoms with Gasteiger partial charge in [-0.1, -0.05) is 68.1 Å². The molecule has 0 saturated carbocycles. The number of aromatic nitrogens is 4. The molecule has 0 radical (unpaired) electrons. The molecule has 188 valence electrons. The lowest BCUT2D eigenvalue weighted by Gasteiger charge is -2.21. The van der Waals surface area contributed by atoms with Gasteiger partial charge in [0, 0.05) is 28.7 Å². The monoisotopic (exact) mass is 491 g/mol. The van der Waals surface area contributed by atoms with Gasteiger partial charge in [-0.15, -0.1) is 0 Å². The molecular formula is C31H33N5O. The van der Waals surface area contributed by atoms with Crippen LogP contribution in [0.2, 0.25) is 0 Å². The Morgan fingerprint density at radius 2 is 1.51 bits per heavy atom. The summed E-state index contributed by atoms with van der Waals surface area (Å²) in [5.74, 6) is -0.124. The first-order chi connectivity index (χ1) is 18.1. The topological polar surface area (TPSA) is 74.8 Å². The number of benzene rings is 2. The van der Waals surface area contributed by atoms with Crippen LogP contribution in [0.4, 0.5) is 5.69 Å². The summed E-state index contributed by atoms with van der Waals surface area (Å²) in [6.07, 6.45) is 5.87. The van der Waals surface area contributed by atoms with E-state index in [1.807, 2.05) is 68.4 Å². The Labute approximate surface area is 217 Å². The number of pyridine rings is 2. The van der Waals surface area contributed by atoms with E-state index in [0.29, 0.717) is 12.2 Å². The first-order valence-corrected chi connectivity index (χ1v) is 13.2. The number of nitrogens with zero attached hydrogens (tertiary/aromatic N) is 4. The highest BCUT2D eigenvalue weighted by atomic mass is 16.2. The zero-order valence-electron chi connectivity index (χ0n) is 21.8. The van der Waals surface area contributed by atoms with Crippen LogP contribution in [0.15, 0.2) is 66.7 Å². The van der Waals surface area contributed by atoms with Crippen LogP contribution in [0.1, 0.15) is 61.3 Å². The van der Waals surface area contributed by atoms with Crippen LogP contribution in [-0.2, 0) is 6.42 Å². The Morgan fingerprint density at radius 1 is 0.811 bits per heavy atom. The van der Waals surface area contributed by atoms with E-state index in [-0.39, 0.29) is 5.91 Å². The van der Waals surface area contributed by atoms with Gasteiger partial charge in [0.2, 0.25) is 0 Å². The number of carbonyl (C=O) groups excluding carboxylic acids is 1. The molecule has 5 rings (SSSR count). The molecule has 3 heterocycles. The SMILES string of the molecule is CCCCCCc1cc(-c2ccc3ccc4ccc(C(=O)N(CC)c5ccc(C)cc5)nc4c3n2)n[nH]1. The zero-order valence-corrected chi connectivity index (χ0v) is 21.8. The summed E-state index contributed by atoms with van der Waals surface area (Å²) in [7, 11) is 0. The molecule has 0 unspecified atom stereocenters. The summed E-state index contributed by atoms with van der Waals surface area (Å²) in [5, 5.41) is 9.63. The van der Waals surface area contributed by atoms with Gasteiger partial charge in [-0.2, -0.15) is 5.10 Å². The van der Waals surface area contributed by atoms with Crippen LogP contribution in [0.5, 0.6) is 0 Å². The van der Waals surface area contributed by atoms with Crippen LogP contribution >= 0.6 is 0 Å². The number of unbranched alkanes of at least 4 members (excludes halogenated alkanes) is 3. The van der Waals surface area contributed by atoms with Gasteiger partial charge in [0.1, 0.15) is 11.4 Å². The van der Waals surface area contributed by atoms with Crippen molar-refractivity contribution in [3.8, 4) is 11.4 Å². The number of rotatable bonds is 9. The van der Waals surface area contributed by atoms with Crippen molar-refractivity contribution in [2.75, 3.05) is 11.4 Å². The Hall–Kier alpha value is -4.06. The highest BCUT2D eigenvalue weighted by Crippen LogP contribution is 2.27. The van der Waals surface area contributed by atoms with Crippen LogP contribution < -0.4 is 4.90 Å². The first-order valence-electron chi connectivity index (χ1n) is 13.2. The number of carbonyl (C=O) groups is 1. The molecule has 2 aromatic carbocycles. The number of aryl methyl sites for hydroxylation is 2. The molecule has 0 saturated heterocycles. The highest BCUT2D eigenvalue weighted by Gasteiger charge is 2.19. The standard InChI is InChI=1S/C31H33N5O/c1-4-6-7-8-9-24-20-28(35-34-24)26-18-14-22-12-13-23-15-19-27(33-30(23)29(22)32-26)31(37)36(5-2)25-16-10-21(3)11-17-25/h10-20H,4-9H2,1-3H3,(H,34,35). The molecule has 6 nitrogen and oxygen atoms in total. The summed E-state index contributed by atoms with van der Waals surface area (Å²) in [6, 6.07) is 22.0.